The van der Waals surface area contributed by atoms with E-state index in [4.69, 9.17) is 10.00 Å². The summed E-state index contributed by atoms with van der Waals surface area (Å²) in [5, 5.41) is 8.91. The third-order valence-electron chi connectivity index (χ3n) is 2.08. The molecule has 0 aliphatic rings. The molecule has 1 heterocycles. The van der Waals surface area contributed by atoms with E-state index in [1.165, 1.54) is 0 Å². The van der Waals surface area contributed by atoms with Crippen molar-refractivity contribution in [1.82, 2.24) is 9.97 Å². The van der Waals surface area contributed by atoms with Crippen LogP contribution < -0.4 is 4.90 Å². The van der Waals surface area contributed by atoms with Gasteiger partial charge < -0.3 is 9.64 Å². The lowest BCUT2D eigenvalue weighted by atomic mass is 10.1. The summed E-state index contributed by atoms with van der Waals surface area (Å²) < 4.78 is 4.78. The van der Waals surface area contributed by atoms with Crippen molar-refractivity contribution in [3.63, 3.8) is 0 Å². The van der Waals surface area contributed by atoms with Crippen LogP contribution in [0.15, 0.2) is 12.4 Å². The molecule has 1 aromatic rings. The molecule has 0 N–H and O–H groups in total. The highest BCUT2D eigenvalue weighted by Crippen LogP contribution is 2.14. The summed E-state index contributed by atoms with van der Waals surface area (Å²) in [7, 11) is 3.71. The standard InChI is InChI=1S/C11H14N4O2/c1-4-17-11(16)9(5-12)10-13-6-8(7-14-10)15(2)3/h6-7,9H,4H2,1-3H3. The first-order chi connectivity index (χ1) is 8.10. The Morgan fingerprint density at radius 2 is 2.12 bits per heavy atom. The van der Waals surface area contributed by atoms with Gasteiger partial charge in [-0.15, -0.1) is 0 Å². The van der Waals surface area contributed by atoms with Gasteiger partial charge in [-0.05, 0) is 6.92 Å². The van der Waals surface area contributed by atoms with E-state index in [2.05, 4.69) is 9.97 Å². The number of carbonyl (C=O) groups is 1. The van der Waals surface area contributed by atoms with E-state index in [-0.39, 0.29) is 12.4 Å². The van der Waals surface area contributed by atoms with Crippen LogP contribution in [0.25, 0.3) is 0 Å². The number of aromatic nitrogens is 2. The number of hydrogen-bond acceptors (Lipinski definition) is 6. The highest BCUT2D eigenvalue weighted by molar-refractivity contribution is 5.80. The van der Waals surface area contributed by atoms with Crippen LogP contribution in [-0.4, -0.2) is 36.6 Å². The first-order valence-electron chi connectivity index (χ1n) is 5.15. The van der Waals surface area contributed by atoms with Crippen LogP contribution in [0, 0.1) is 11.3 Å². The Morgan fingerprint density at radius 1 is 1.53 bits per heavy atom. The molecule has 17 heavy (non-hydrogen) atoms. The fourth-order valence-corrected chi connectivity index (χ4v) is 1.15. The molecule has 1 atom stereocenters. The van der Waals surface area contributed by atoms with Crippen molar-refractivity contribution in [2.24, 2.45) is 0 Å². The predicted molar refractivity (Wildman–Crippen MR) is 61.3 cm³/mol. The second-order valence-electron chi connectivity index (χ2n) is 3.51. The maximum atomic E-state index is 11.5. The molecule has 6 nitrogen and oxygen atoms in total. The van der Waals surface area contributed by atoms with Crippen LogP contribution in [0.1, 0.15) is 18.7 Å². The minimum Gasteiger partial charge on any atom is -0.465 e. The fourth-order valence-electron chi connectivity index (χ4n) is 1.15. The van der Waals surface area contributed by atoms with Gasteiger partial charge in [-0.2, -0.15) is 5.26 Å². The molecule has 0 saturated carbocycles. The zero-order valence-electron chi connectivity index (χ0n) is 10.0. The number of hydrogen-bond donors (Lipinski definition) is 0. The van der Waals surface area contributed by atoms with E-state index in [1.54, 1.807) is 19.3 Å². The molecule has 6 heteroatoms. The average molecular weight is 234 g/mol. The third kappa shape index (κ3) is 3.14. The summed E-state index contributed by atoms with van der Waals surface area (Å²) in [6.45, 7) is 1.91. The van der Waals surface area contributed by atoms with Crippen LogP contribution in [0.2, 0.25) is 0 Å². The number of rotatable bonds is 4. The van der Waals surface area contributed by atoms with Gasteiger partial charge in [0, 0.05) is 14.1 Å². The molecule has 0 amide bonds. The lowest BCUT2D eigenvalue weighted by Crippen LogP contribution is -2.17. The quantitative estimate of drug-likeness (QED) is 0.714. The van der Waals surface area contributed by atoms with E-state index in [9.17, 15) is 4.79 Å². The lowest BCUT2D eigenvalue weighted by molar-refractivity contribution is -0.143. The zero-order chi connectivity index (χ0) is 12.8. The second kappa shape index (κ2) is 5.80. The first-order valence-corrected chi connectivity index (χ1v) is 5.15. The first kappa shape index (κ1) is 12.9. The van der Waals surface area contributed by atoms with Crippen molar-refractivity contribution in [2.45, 2.75) is 12.8 Å². The van der Waals surface area contributed by atoms with Gasteiger partial charge >= 0.3 is 5.97 Å². The summed E-state index contributed by atoms with van der Waals surface area (Å²) in [5.74, 6) is -1.52. The average Bonchev–Trinajstić information content (AvgIpc) is 2.31. The summed E-state index contributed by atoms with van der Waals surface area (Å²) in [4.78, 5) is 21.3. The number of anilines is 1. The van der Waals surface area contributed by atoms with Gasteiger partial charge in [-0.1, -0.05) is 0 Å². The van der Waals surface area contributed by atoms with Crippen molar-refractivity contribution in [3.05, 3.63) is 18.2 Å². The molecule has 0 aliphatic heterocycles. The fraction of sp³-hybridized carbons (Fsp3) is 0.455. The largest absolute Gasteiger partial charge is 0.465 e. The zero-order valence-corrected chi connectivity index (χ0v) is 10.0. The summed E-state index contributed by atoms with van der Waals surface area (Å²) in [6.07, 6.45) is 3.12. The normalized spacial score (nSPS) is 11.4. The highest BCUT2D eigenvalue weighted by atomic mass is 16.5. The van der Waals surface area contributed by atoms with Crippen molar-refractivity contribution < 1.29 is 9.53 Å². The maximum Gasteiger partial charge on any atom is 0.331 e. The van der Waals surface area contributed by atoms with Gasteiger partial charge in [-0.3, -0.25) is 4.79 Å². The number of ether oxygens (including phenoxy) is 1. The Hall–Kier alpha value is -2.16. The predicted octanol–water partition coefficient (Wildman–Crippen LogP) is 0.713. The molecule has 0 fully saturated rings. The van der Waals surface area contributed by atoms with E-state index in [0.29, 0.717) is 0 Å². The molecule has 90 valence electrons. The monoisotopic (exact) mass is 234 g/mol. The van der Waals surface area contributed by atoms with Gasteiger partial charge in [0.15, 0.2) is 5.82 Å². The Labute approximate surface area is 99.9 Å². The molecule has 1 aromatic heterocycles. The number of carbonyl (C=O) groups excluding carboxylic acids is 1. The van der Waals surface area contributed by atoms with E-state index in [0.717, 1.165) is 5.69 Å². The lowest BCUT2D eigenvalue weighted by Gasteiger charge is -2.12. The molecule has 0 aliphatic carbocycles. The molecule has 0 spiro atoms. The Morgan fingerprint density at radius 3 is 2.53 bits per heavy atom. The van der Waals surface area contributed by atoms with Crippen molar-refractivity contribution >= 4 is 11.7 Å². The molecule has 0 aromatic carbocycles. The molecule has 0 bridgehead atoms. The molecular weight excluding hydrogens is 220 g/mol. The topological polar surface area (TPSA) is 79.1 Å². The second-order valence-corrected chi connectivity index (χ2v) is 3.51. The summed E-state index contributed by atoms with van der Waals surface area (Å²) >= 11 is 0. The maximum absolute atomic E-state index is 11.5. The van der Waals surface area contributed by atoms with Crippen LogP contribution >= 0.6 is 0 Å². The Kier molecular flexibility index (Phi) is 4.40. The number of nitriles is 1. The number of nitrogens with zero attached hydrogens (tertiary/aromatic N) is 4. The molecule has 0 radical (unpaired) electrons. The minimum absolute atomic E-state index is 0.163. The van der Waals surface area contributed by atoms with Crippen molar-refractivity contribution in [1.29, 1.82) is 5.26 Å². The van der Waals surface area contributed by atoms with Crippen LogP contribution in [0.4, 0.5) is 5.69 Å². The number of esters is 1. The Bertz CT molecular complexity index is 422. The molecule has 1 rings (SSSR count). The van der Waals surface area contributed by atoms with E-state index in [1.807, 2.05) is 25.1 Å². The summed E-state index contributed by atoms with van der Waals surface area (Å²) in [6, 6.07) is 1.84. The van der Waals surface area contributed by atoms with Crippen LogP contribution in [-0.2, 0) is 9.53 Å². The molecule has 0 saturated heterocycles. The van der Waals surface area contributed by atoms with Gasteiger partial charge in [0.25, 0.3) is 0 Å². The van der Waals surface area contributed by atoms with Crippen LogP contribution in [0.3, 0.4) is 0 Å². The van der Waals surface area contributed by atoms with E-state index >= 15 is 0 Å². The molecular formula is C11H14N4O2. The van der Waals surface area contributed by atoms with Gasteiger partial charge in [0.2, 0.25) is 5.92 Å². The summed E-state index contributed by atoms with van der Waals surface area (Å²) in [5.41, 5.74) is 0.800. The van der Waals surface area contributed by atoms with Crippen LogP contribution in [0.5, 0.6) is 0 Å². The van der Waals surface area contributed by atoms with Gasteiger partial charge in [0.1, 0.15) is 0 Å². The third-order valence-corrected chi connectivity index (χ3v) is 2.08. The highest BCUT2D eigenvalue weighted by Gasteiger charge is 2.24. The van der Waals surface area contributed by atoms with Crippen molar-refractivity contribution in [3.8, 4) is 6.07 Å². The van der Waals surface area contributed by atoms with E-state index < -0.39 is 11.9 Å². The van der Waals surface area contributed by atoms with Gasteiger partial charge in [0.05, 0.1) is 30.8 Å². The molecule has 1 unspecified atom stereocenters. The minimum atomic E-state index is -1.06. The smallest absolute Gasteiger partial charge is 0.331 e. The Balaban J connectivity index is 2.91. The van der Waals surface area contributed by atoms with Gasteiger partial charge in [-0.25, -0.2) is 9.97 Å². The van der Waals surface area contributed by atoms with Crippen molar-refractivity contribution in [2.75, 3.05) is 25.6 Å². The SMILES string of the molecule is CCOC(=O)C(C#N)c1ncc(N(C)C)cn1.